The Morgan fingerprint density at radius 1 is 1.50 bits per heavy atom. The molecule has 0 aliphatic heterocycles. The molecule has 0 bridgehead atoms. The molecule has 0 spiro atoms. The van der Waals surface area contributed by atoms with E-state index in [1.54, 1.807) is 30.5 Å². The van der Waals surface area contributed by atoms with Gasteiger partial charge in [-0.15, -0.1) is 0 Å². The number of likely N-dealkylation sites (N-methyl/N-ethyl adjacent to an activating group) is 1. The topological polar surface area (TPSA) is 58.5 Å². The van der Waals surface area contributed by atoms with E-state index in [2.05, 4.69) is 9.97 Å². The van der Waals surface area contributed by atoms with Gasteiger partial charge in [-0.2, -0.15) is 0 Å². The van der Waals surface area contributed by atoms with Crippen molar-refractivity contribution in [3.8, 4) is 0 Å². The van der Waals surface area contributed by atoms with E-state index >= 15 is 0 Å². The highest BCUT2D eigenvalue weighted by Gasteiger charge is 2.09. The molecule has 0 fully saturated rings. The fraction of sp³-hybridized carbons (Fsp3) is 0.556. The minimum atomic E-state index is -0.520. The highest BCUT2D eigenvalue weighted by Crippen LogP contribution is 2.02. The minimum absolute atomic E-state index is 0.317. The Morgan fingerprint density at radius 2 is 2.14 bits per heavy atom. The van der Waals surface area contributed by atoms with Gasteiger partial charge in [-0.3, -0.25) is 0 Å². The van der Waals surface area contributed by atoms with Gasteiger partial charge in [0.2, 0.25) is 5.95 Å². The lowest BCUT2D eigenvalue weighted by Crippen LogP contribution is -2.32. The summed E-state index contributed by atoms with van der Waals surface area (Å²) in [5.74, 6) is 0.600. The Bertz CT molecular complexity index is 255. The van der Waals surface area contributed by atoms with Crippen molar-refractivity contribution in [3.63, 3.8) is 0 Å². The van der Waals surface area contributed by atoms with Crippen LogP contribution in [-0.2, 0) is 4.74 Å². The Kier molecular flexibility index (Phi) is 4.28. The Morgan fingerprint density at radius 3 is 2.71 bits per heavy atom. The normalized spacial score (nSPS) is 12.5. The van der Waals surface area contributed by atoms with Gasteiger partial charge >= 0.3 is 0 Å². The van der Waals surface area contributed by atoms with Crippen LogP contribution in [-0.4, -0.2) is 48.5 Å². The lowest BCUT2D eigenvalue weighted by molar-refractivity contribution is 0.0693. The molecule has 1 rings (SSSR count). The van der Waals surface area contributed by atoms with Crippen molar-refractivity contribution < 1.29 is 9.84 Å². The second-order valence-corrected chi connectivity index (χ2v) is 3.04. The largest absolute Gasteiger partial charge is 0.389 e. The predicted octanol–water partition coefficient (Wildman–Crippen LogP) is -0.0799. The molecule has 1 heterocycles. The van der Waals surface area contributed by atoms with Crippen molar-refractivity contribution >= 4 is 5.95 Å². The molecule has 0 aliphatic carbocycles. The molecule has 78 valence electrons. The molecule has 0 radical (unpaired) electrons. The highest BCUT2D eigenvalue weighted by atomic mass is 16.5. The van der Waals surface area contributed by atoms with Crippen molar-refractivity contribution in [2.75, 3.05) is 32.2 Å². The summed E-state index contributed by atoms with van der Waals surface area (Å²) in [7, 11) is 3.39. The van der Waals surface area contributed by atoms with E-state index in [0.717, 1.165) is 0 Å². The predicted molar refractivity (Wildman–Crippen MR) is 53.2 cm³/mol. The summed E-state index contributed by atoms with van der Waals surface area (Å²) in [6, 6.07) is 1.75. The van der Waals surface area contributed by atoms with Crippen molar-refractivity contribution in [2.24, 2.45) is 0 Å². The van der Waals surface area contributed by atoms with Gasteiger partial charge in [-0.05, 0) is 6.07 Å². The lowest BCUT2D eigenvalue weighted by Gasteiger charge is -2.19. The van der Waals surface area contributed by atoms with Gasteiger partial charge in [-0.25, -0.2) is 9.97 Å². The van der Waals surface area contributed by atoms with Crippen molar-refractivity contribution in [2.45, 2.75) is 6.10 Å². The Hall–Kier alpha value is -1.20. The molecule has 0 saturated heterocycles. The van der Waals surface area contributed by atoms with E-state index in [9.17, 15) is 5.11 Å². The summed E-state index contributed by atoms with van der Waals surface area (Å²) >= 11 is 0. The zero-order chi connectivity index (χ0) is 10.4. The molecule has 5 nitrogen and oxygen atoms in total. The van der Waals surface area contributed by atoms with Crippen LogP contribution in [0.4, 0.5) is 5.95 Å². The second-order valence-electron chi connectivity index (χ2n) is 3.04. The number of aliphatic hydroxyl groups excluding tert-OH is 1. The summed E-state index contributed by atoms with van der Waals surface area (Å²) in [5.41, 5.74) is 0. The molecule has 1 aromatic heterocycles. The number of nitrogens with zero attached hydrogens (tertiary/aromatic N) is 3. The van der Waals surface area contributed by atoms with E-state index in [4.69, 9.17) is 4.74 Å². The molecule has 0 aromatic carbocycles. The van der Waals surface area contributed by atoms with Crippen LogP contribution in [0.3, 0.4) is 0 Å². The van der Waals surface area contributed by atoms with Crippen LogP contribution in [0.15, 0.2) is 18.5 Å². The van der Waals surface area contributed by atoms with Gasteiger partial charge in [-0.1, -0.05) is 0 Å². The maximum Gasteiger partial charge on any atom is 0.225 e. The number of methoxy groups -OCH3 is 1. The molecule has 14 heavy (non-hydrogen) atoms. The highest BCUT2D eigenvalue weighted by molar-refractivity contribution is 5.26. The fourth-order valence-corrected chi connectivity index (χ4v) is 1.13. The molecule has 0 aliphatic rings. The Balaban J connectivity index is 2.46. The minimum Gasteiger partial charge on any atom is -0.389 e. The monoisotopic (exact) mass is 197 g/mol. The summed E-state index contributed by atoms with van der Waals surface area (Å²) in [4.78, 5) is 9.89. The van der Waals surface area contributed by atoms with Crippen molar-refractivity contribution in [1.82, 2.24) is 9.97 Å². The van der Waals surface area contributed by atoms with Crippen LogP contribution in [0.25, 0.3) is 0 Å². The third kappa shape index (κ3) is 3.27. The molecule has 1 unspecified atom stereocenters. The smallest absolute Gasteiger partial charge is 0.225 e. The van der Waals surface area contributed by atoms with E-state index in [-0.39, 0.29) is 0 Å². The Labute approximate surface area is 83.4 Å². The average molecular weight is 197 g/mol. The van der Waals surface area contributed by atoms with Crippen LogP contribution in [0.1, 0.15) is 0 Å². The van der Waals surface area contributed by atoms with E-state index in [1.165, 1.54) is 0 Å². The first-order valence-electron chi connectivity index (χ1n) is 4.39. The molecular weight excluding hydrogens is 182 g/mol. The number of aromatic nitrogens is 2. The van der Waals surface area contributed by atoms with Gasteiger partial charge in [0.05, 0.1) is 12.7 Å². The summed E-state index contributed by atoms with van der Waals surface area (Å²) in [5, 5.41) is 9.46. The molecular formula is C9H15N3O2. The first kappa shape index (κ1) is 10.9. The van der Waals surface area contributed by atoms with Crippen LogP contribution >= 0.6 is 0 Å². The number of hydrogen-bond donors (Lipinski definition) is 1. The zero-order valence-electron chi connectivity index (χ0n) is 8.42. The van der Waals surface area contributed by atoms with Crippen molar-refractivity contribution in [1.29, 1.82) is 0 Å². The maximum atomic E-state index is 9.46. The van der Waals surface area contributed by atoms with E-state index in [0.29, 0.717) is 19.1 Å². The molecule has 0 amide bonds. The molecule has 1 N–H and O–H groups in total. The first-order chi connectivity index (χ1) is 6.74. The van der Waals surface area contributed by atoms with Gasteiger partial charge < -0.3 is 14.7 Å². The van der Waals surface area contributed by atoms with E-state index < -0.39 is 6.10 Å². The van der Waals surface area contributed by atoms with E-state index in [1.807, 2.05) is 7.05 Å². The third-order valence-electron chi connectivity index (χ3n) is 1.74. The standard InChI is InChI=1S/C9H15N3O2/c1-12(6-8(13)7-14-2)9-10-4-3-5-11-9/h3-5,8,13H,6-7H2,1-2H3. The fourth-order valence-electron chi connectivity index (χ4n) is 1.13. The lowest BCUT2D eigenvalue weighted by atomic mass is 10.3. The SMILES string of the molecule is COCC(O)CN(C)c1ncccn1. The van der Waals surface area contributed by atoms with Crippen LogP contribution < -0.4 is 4.90 Å². The molecule has 1 atom stereocenters. The number of hydrogen-bond acceptors (Lipinski definition) is 5. The zero-order valence-corrected chi connectivity index (χ0v) is 8.42. The number of anilines is 1. The summed E-state index contributed by atoms with van der Waals surface area (Å²) in [6.45, 7) is 0.773. The average Bonchev–Trinajstić information content (AvgIpc) is 2.19. The third-order valence-corrected chi connectivity index (χ3v) is 1.74. The number of rotatable bonds is 5. The molecule has 5 heteroatoms. The van der Waals surface area contributed by atoms with Gasteiger partial charge in [0, 0.05) is 33.1 Å². The number of ether oxygens (including phenoxy) is 1. The van der Waals surface area contributed by atoms with Crippen LogP contribution in [0.2, 0.25) is 0 Å². The summed E-state index contributed by atoms with van der Waals surface area (Å²) in [6.07, 6.45) is 2.82. The van der Waals surface area contributed by atoms with Gasteiger partial charge in [0.15, 0.2) is 0 Å². The quantitative estimate of drug-likeness (QED) is 0.715. The van der Waals surface area contributed by atoms with Gasteiger partial charge in [0.1, 0.15) is 0 Å². The molecule has 0 saturated carbocycles. The summed E-state index contributed by atoms with van der Waals surface area (Å²) < 4.78 is 4.82. The molecule has 1 aromatic rings. The number of aliphatic hydroxyl groups is 1. The second kappa shape index (κ2) is 5.51. The van der Waals surface area contributed by atoms with Crippen LogP contribution in [0.5, 0.6) is 0 Å². The first-order valence-corrected chi connectivity index (χ1v) is 4.39. The van der Waals surface area contributed by atoms with Gasteiger partial charge in [0.25, 0.3) is 0 Å². The van der Waals surface area contributed by atoms with Crippen LogP contribution in [0, 0.1) is 0 Å². The van der Waals surface area contributed by atoms with Crippen molar-refractivity contribution in [3.05, 3.63) is 18.5 Å². The maximum absolute atomic E-state index is 9.46.